The Bertz CT molecular complexity index is 718. The second kappa shape index (κ2) is 9.44. The smallest absolute Gasteiger partial charge is 0.259 e. The third kappa shape index (κ3) is 5.76. The number of carbonyl (C=O) groups excluding carboxylic acids is 1. The van der Waals surface area contributed by atoms with E-state index in [4.69, 9.17) is 14.2 Å². The average Bonchev–Trinajstić information content (AvgIpc) is 2.57. The molecule has 134 valence electrons. The summed E-state index contributed by atoms with van der Waals surface area (Å²) in [5.41, 5.74) is 1.05. The molecule has 1 amide bonds. The van der Waals surface area contributed by atoms with Crippen molar-refractivity contribution in [3.05, 3.63) is 52.5 Å². The largest absolute Gasteiger partial charge is 0.490 e. The molecule has 0 fully saturated rings. The molecule has 0 aliphatic heterocycles. The van der Waals surface area contributed by atoms with Gasteiger partial charge in [-0.05, 0) is 44.2 Å². The van der Waals surface area contributed by atoms with Crippen LogP contribution in [-0.4, -0.2) is 32.3 Å². The van der Waals surface area contributed by atoms with E-state index in [1.165, 1.54) is 0 Å². The van der Waals surface area contributed by atoms with Crippen LogP contribution < -0.4 is 14.8 Å². The zero-order valence-corrected chi connectivity index (χ0v) is 16.1. The Morgan fingerprint density at radius 2 is 1.88 bits per heavy atom. The van der Waals surface area contributed by atoms with E-state index in [1.54, 1.807) is 25.3 Å². The molecule has 0 bridgehead atoms. The average molecular weight is 408 g/mol. The lowest BCUT2D eigenvalue weighted by Crippen LogP contribution is -2.16. The van der Waals surface area contributed by atoms with Crippen molar-refractivity contribution in [3.8, 4) is 11.5 Å². The van der Waals surface area contributed by atoms with Crippen LogP contribution >= 0.6 is 15.9 Å². The highest BCUT2D eigenvalue weighted by atomic mass is 79.9. The lowest BCUT2D eigenvalue weighted by atomic mass is 10.1. The summed E-state index contributed by atoms with van der Waals surface area (Å²) in [5, 5.41) is 2.89. The lowest BCUT2D eigenvalue weighted by molar-refractivity contribution is 0.101. The fraction of sp³-hybridized carbons (Fsp3) is 0.316. The number of halogens is 1. The van der Waals surface area contributed by atoms with E-state index in [1.807, 2.05) is 38.1 Å². The third-order valence-corrected chi connectivity index (χ3v) is 3.72. The van der Waals surface area contributed by atoms with Gasteiger partial charge in [0.15, 0.2) is 0 Å². The lowest BCUT2D eigenvalue weighted by Gasteiger charge is -2.16. The Balaban J connectivity index is 2.22. The van der Waals surface area contributed by atoms with Gasteiger partial charge in [-0.25, -0.2) is 0 Å². The van der Waals surface area contributed by atoms with Gasteiger partial charge in [-0.3, -0.25) is 4.79 Å². The molecule has 2 rings (SSSR count). The van der Waals surface area contributed by atoms with Crippen LogP contribution in [0.2, 0.25) is 0 Å². The van der Waals surface area contributed by atoms with Crippen LogP contribution in [0.4, 0.5) is 5.69 Å². The summed E-state index contributed by atoms with van der Waals surface area (Å²) in [7, 11) is 1.60. The van der Waals surface area contributed by atoms with Gasteiger partial charge >= 0.3 is 0 Å². The highest BCUT2D eigenvalue weighted by molar-refractivity contribution is 9.10. The minimum Gasteiger partial charge on any atom is -0.490 e. The summed E-state index contributed by atoms with van der Waals surface area (Å²) in [6.07, 6.45) is 0.0110. The van der Waals surface area contributed by atoms with E-state index in [0.29, 0.717) is 36.0 Å². The molecule has 0 aromatic heterocycles. The SMILES string of the molecule is COCCOc1ccc(Br)cc1C(=O)Nc1ccccc1OC(C)C. The molecule has 0 saturated carbocycles. The number of hydrogen-bond acceptors (Lipinski definition) is 4. The van der Waals surface area contributed by atoms with Gasteiger partial charge in [-0.2, -0.15) is 0 Å². The predicted molar refractivity (Wildman–Crippen MR) is 102 cm³/mol. The second-order valence-electron chi connectivity index (χ2n) is 5.60. The van der Waals surface area contributed by atoms with Crippen LogP contribution in [0.1, 0.15) is 24.2 Å². The van der Waals surface area contributed by atoms with Crippen molar-refractivity contribution in [1.82, 2.24) is 0 Å². The summed E-state index contributed by atoms with van der Waals surface area (Å²) in [5.74, 6) is 0.858. The molecule has 25 heavy (non-hydrogen) atoms. The molecule has 0 aliphatic carbocycles. The van der Waals surface area contributed by atoms with Gasteiger partial charge in [-0.1, -0.05) is 28.1 Å². The number of amides is 1. The van der Waals surface area contributed by atoms with Gasteiger partial charge in [0.1, 0.15) is 18.1 Å². The van der Waals surface area contributed by atoms with Crippen molar-refractivity contribution >= 4 is 27.5 Å². The minimum absolute atomic E-state index is 0.0110. The van der Waals surface area contributed by atoms with Gasteiger partial charge in [0, 0.05) is 11.6 Å². The van der Waals surface area contributed by atoms with Crippen LogP contribution in [0.3, 0.4) is 0 Å². The molecule has 0 radical (unpaired) electrons. The van der Waals surface area contributed by atoms with Crippen molar-refractivity contribution in [1.29, 1.82) is 0 Å². The van der Waals surface area contributed by atoms with Crippen molar-refractivity contribution < 1.29 is 19.0 Å². The zero-order chi connectivity index (χ0) is 18.2. The fourth-order valence-corrected chi connectivity index (χ4v) is 2.52. The number of para-hydroxylation sites is 2. The number of benzene rings is 2. The molecule has 2 aromatic carbocycles. The molecular formula is C19H22BrNO4. The Morgan fingerprint density at radius 3 is 2.60 bits per heavy atom. The number of nitrogens with one attached hydrogen (secondary N) is 1. The van der Waals surface area contributed by atoms with E-state index in [-0.39, 0.29) is 12.0 Å². The van der Waals surface area contributed by atoms with E-state index in [9.17, 15) is 4.79 Å². The number of ether oxygens (including phenoxy) is 3. The standard InChI is InChI=1S/C19H22BrNO4/c1-13(2)25-18-7-5-4-6-16(18)21-19(22)15-12-14(20)8-9-17(15)24-11-10-23-3/h4-9,12-13H,10-11H2,1-3H3,(H,21,22). The molecule has 0 heterocycles. The summed E-state index contributed by atoms with van der Waals surface area (Å²) < 4.78 is 17.2. The number of anilines is 1. The number of methoxy groups -OCH3 is 1. The summed E-state index contributed by atoms with van der Waals surface area (Å²) >= 11 is 3.39. The maximum absolute atomic E-state index is 12.8. The molecule has 0 saturated heterocycles. The number of carbonyl (C=O) groups is 1. The van der Waals surface area contributed by atoms with Crippen molar-refractivity contribution in [2.24, 2.45) is 0 Å². The molecule has 6 heteroatoms. The predicted octanol–water partition coefficient (Wildman–Crippen LogP) is 4.51. The molecule has 5 nitrogen and oxygen atoms in total. The first-order valence-corrected chi connectivity index (χ1v) is 8.79. The van der Waals surface area contributed by atoms with Crippen molar-refractivity contribution in [2.45, 2.75) is 20.0 Å². The maximum Gasteiger partial charge on any atom is 0.259 e. The summed E-state index contributed by atoms with van der Waals surface area (Å²) in [4.78, 5) is 12.8. The molecular weight excluding hydrogens is 386 g/mol. The first-order chi connectivity index (χ1) is 12.0. The monoisotopic (exact) mass is 407 g/mol. The maximum atomic E-state index is 12.8. The summed E-state index contributed by atoms with van der Waals surface area (Å²) in [6, 6.07) is 12.7. The van der Waals surface area contributed by atoms with Crippen LogP contribution in [0, 0.1) is 0 Å². The highest BCUT2D eigenvalue weighted by Crippen LogP contribution is 2.28. The minimum atomic E-state index is -0.270. The normalized spacial score (nSPS) is 10.6. The molecule has 0 aliphatic rings. The van der Waals surface area contributed by atoms with E-state index in [0.717, 1.165) is 4.47 Å². The first kappa shape index (κ1) is 19.3. The first-order valence-electron chi connectivity index (χ1n) is 7.99. The van der Waals surface area contributed by atoms with Crippen LogP contribution in [0.25, 0.3) is 0 Å². The van der Waals surface area contributed by atoms with Crippen LogP contribution in [-0.2, 0) is 4.74 Å². The molecule has 0 unspecified atom stereocenters. The van der Waals surface area contributed by atoms with Gasteiger partial charge in [0.25, 0.3) is 5.91 Å². The third-order valence-electron chi connectivity index (χ3n) is 3.23. The highest BCUT2D eigenvalue weighted by Gasteiger charge is 2.16. The second-order valence-corrected chi connectivity index (χ2v) is 6.51. The Kier molecular flexibility index (Phi) is 7.28. The number of hydrogen-bond donors (Lipinski definition) is 1. The molecule has 0 spiro atoms. The van der Waals surface area contributed by atoms with E-state index in [2.05, 4.69) is 21.2 Å². The van der Waals surface area contributed by atoms with Crippen LogP contribution in [0.15, 0.2) is 46.9 Å². The van der Waals surface area contributed by atoms with Crippen molar-refractivity contribution in [2.75, 3.05) is 25.6 Å². The van der Waals surface area contributed by atoms with E-state index < -0.39 is 0 Å². The Hall–Kier alpha value is -2.05. The number of rotatable bonds is 8. The molecule has 0 atom stereocenters. The Morgan fingerprint density at radius 1 is 1.12 bits per heavy atom. The zero-order valence-electron chi connectivity index (χ0n) is 14.5. The van der Waals surface area contributed by atoms with Gasteiger partial charge in [-0.15, -0.1) is 0 Å². The molecule has 1 N–H and O–H groups in total. The van der Waals surface area contributed by atoms with Crippen molar-refractivity contribution in [3.63, 3.8) is 0 Å². The van der Waals surface area contributed by atoms with Crippen LogP contribution in [0.5, 0.6) is 11.5 Å². The van der Waals surface area contributed by atoms with E-state index >= 15 is 0 Å². The quantitative estimate of drug-likeness (QED) is 0.653. The fourth-order valence-electron chi connectivity index (χ4n) is 2.16. The summed E-state index contributed by atoms with van der Waals surface area (Å²) in [6.45, 7) is 4.69. The Labute approximate surface area is 156 Å². The van der Waals surface area contributed by atoms with Gasteiger partial charge in [0.05, 0.1) is 24.0 Å². The van der Waals surface area contributed by atoms with Gasteiger partial charge in [0.2, 0.25) is 0 Å². The topological polar surface area (TPSA) is 56.8 Å². The molecule has 2 aromatic rings. The van der Waals surface area contributed by atoms with Gasteiger partial charge < -0.3 is 19.5 Å².